The van der Waals surface area contributed by atoms with E-state index in [-0.39, 0.29) is 12.3 Å². The molecule has 0 radical (unpaired) electrons. The van der Waals surface area contributed by atoms with Crippen LogP contribution in [0.4, 0.5) is 0 Å². The molecule has 29 heavy (non-hydrogen) atoms. The van der Waals surface area contributed by atoms with Crippen molar-refractivity contribution in [3.63, 3.8) is 0 Å². The third-order valence-electron chi connectivity index (χ3n) is 4.39. The first-order valence-electron chi connectivity index (χ1n) is 9.09. The van der Waals surface area contributed by atoms with Crippen LogP contribution in [-0.4, -0.2) is 32.1 Å². The van der Waals surface area contributed by atoms with Crippen LogP contribution in [0.2, 0.25) is 5.02 Å². The summed E-state index contributed by atoms with van der Waals surface area (Å²) in [6, 6.07) is 11.0. The van der Waals surface area contributed by atoms with Gasteiger partial charge in [-0.05, 0) is 61.0 Å². The van der Waals surface area contributed by atoms with Crippen LogP contribution in [0.5, 0.6) is 5.75 Å². The van der Waals surface area contributed by atoms with Gasteiger partial charge in [0.1, 0.15) is 19.0 Å². The molecule has 0 amide bonds. The van der Waals surface area contributed by atoms with E-state index in [0.29, 0.717) is 23.1 Å². The molecule has 0 saturated heterocycles. The molecule has 0 aliphatic carbocycles. The molecule has 1 aromatic heterocycles. The lowest BCUT2D eigenvalue weighted by Gasteiger charge is -2.14. The molecule has 0 unspecified atom stereocenters. The van der Waals surface area contributed by atoms with Crippen LogP contribution in [0.15, 0.2) is 46.3 Å². The van der Waals surface area contributed by atoms with Gasteiger partial charge in [0.05, 0.1) is 16.4 Å². The summed E-state index contributed by atoms with van der Waals surface area (Å²) in [6.45, 7) is 6.38. The molecule has 3 aromatic rings. The number of aromatic nitrogens is 4. The highest BCUT2D eigenvalue weighted by atomic mass is 35.5. The van der Waals surface area contributed by atoms with E-state index in [1.165, 1.54) is 9.36 Å². The molecule has 0 fully saturated rings. The molecule has 0 atom stereocenters. The van der Waals surface area contributed by atoms with Crippen LogP contribution >= 0.6 is 11.6 Å². The fraction of sp³-hybridized carbons (Fsp3) is 0.300. The van der Waals surface area contributed by atoms with Crippen LogP contribution in [0.25, 0.3) is 5.69 Å². The number of oxime groups is 1. The van der Waals surface area contributed by atoms with Crippen molar-refractivity contribution >= 4 is 17.3 Å². The number of benzene rings is 2. The Balaban J connectivity index is 1.86. The average molecular weight is 416 g/mol. The Morgan fingerprint density at radius 1 is 1.24 bits per heavy atom. The molecular formula is C20H22ClN5O3. The van der Waals surface area contributed by atoms with Gasteiger partial charge in [-0.25, -0.2) is 4.79 Å². The van der Waals surface area contributed by atoms with E-state index < -0.39 is 0 Å². The third kappa shape index (κ3) is 4.48. The van der Waals surface area contributed by atoms with Crippen molar-refractivity contribution in [1.82, 2.24) is 19.8 Å². The van der Waals surface area contributed by atoms with Crippen LogP contribution in [0.3, 0.4) is 0 Å². The van der Waals surface area contributed by atoms with Crippen molar-refractivity contribution in [2.75, 3.05) is 6.61 Å². The van der Waals surface area contributed by atoms with Gasteiger partial charge in [-0.1, -0.05) is 28.9 Å². The molecule has 0 spiro atoms. The smallest absolute Gasteiger partial charge is 0.368 e. The second-order valence-corrected chi connectivity index (χ2v) is 6.81. The number of ether oxygens (including phenoxy) is 1. The zero-order valence-electron chi connectivity index (χ0n) is 16.7. The van der Waals surface area contributed by atoms with Crippen LogP contribution in [0, 0.1) is 6.92 Å². The van der Waals surface area contributed by atoms with Gasteiger partial charge >= 0.3 is 5.69 Å². The summed E-state index contributed by atoms with van der Waals surface area (Å²) in [4.78, 5) is 17.3. The molecule has 8 nitrogen and oxygen atoms in total. The molecule has 2 aromatic carbocycles. The predicted molar refractivity (Wildman–Crippen MR) is 111 cm³/mol. The second kappa shape index (κ2) is 8.91. The molecule has 0 aliphatic heterocycles. The summed E-state index contributed by atoms with van der Waals surface area (Å²) < 4.78 is 8.38. The van der Waals surface area contributed by atoms with Gasteiger partial charge in [0, 0.05) is 18.2 Å². The highest BCUT2D eigenvalue weighted by Gasteiger charge is 2.14. The van der Waals surface area contributed by atoms with E-state index in [1.807, 2.05) is 39.0 Å². The Bertz CT molecular complexity index is 1100. The second-order valence-electron chi connectivity index (χ2n) is 6.40. The zero-order valence-corrected chi connectivity index (χ0v) is 17.5. The topological polar surface area (TPSA) is 83.5 Å². The monoisotopic (exact) mass is 415 g/mol. The van der Waals surface area contributed by atoms with Crippen LogP contribution < -0.4 is 10.4 Å². The molecule has 0 aliphatic rings. The van der Waals surface area contributed by atoms with Gasteiger partial charge in [0.2, 0.25) is 0 Å². The maximum atomic E-state index is 12.3. The van der Waals surface area contributed by atoms with Gasteiger partial charge < -0.3 is 9.57 Å². The molecule has 0 N–H and O–H groups in total. The Kier molecular flexibility index (Phi) is 6.33. The Morgan fingerprint density at radius 3 is 2.69 bits per heavy atom. The Morgan fingerprint density at radius 2 is 2.03 bits per heavy atom. The number of hydrogen-bond acceptors (Lipinski definition) is 6. The van der Waals surface area contributed by atoms with Gasteiger partial charge in [-0.3, -0.25) is 0 Å². The van der Waals surface area contributed by atoms with Crippen molar-refractivity contribution in [3.05, 3.63) is 68.6 Å². The number of aryl methyl sites for hydroxylation is 2. The average Bonchev–Trinajstić information content (AvgIpc) is 3.04. The number of halogens is 1. The molecule has 3 rings (SSSR count). The molecule has 0 bridgehead atoms. The SMILES string of the molecule is CCON=C(C)c1ccc(OCc2c(C)cccc2-n2nnn(C)c2=O)c(Cl)c1. The summed E-state index contributed by atoms with van der Waals surface area (Å²) in [5, 5.41) is 12.2. The minimum Gasteiger partial charge on any atom is -0.487 e. The third-order valence-corrected chi connectivity index (χ3v) is 4.68. The number of rotatable bonds is 7. The van der Waals surface area contributed by atoms with E-state index in [1.54, 1.807) is 25.2 Å². The highest BCUT2D eigenvalue weighted by molar-refractivity contribution is 6.32. The highest BCUT2D eigenvalue weighted by Crippen LogP contribution is 2.28. The first-order chi connectivity index (χ1) is 13.9. The van der Waals surface area contributed by atoms with Gasteiger partial charge in [0.15, 0.2) is 0 Å². The van der Waals surface area contributed by atoms with E-state index in [4.69, 9.17) is 21.2 Å². The lowest BCUT2D eigenvalue weighted by atomic mass is 10.1. The molecule has 1 heterocycles. The number of nitrogens with zero attached hydrogens (tertiary/aromatic N) is 5. The van der Waals surface area contributed by atoms with Crippen LogP contribution in [0.1, 0.15) is 30.5 Å². The summed E-state index contributed by atoms with van der Waals surface area (Å²) in [7, 11) is 1.55. The fourth-order valence-electron chi connectivity index (χ4n) is 2.74. The summed E-state index contributed by atoms with van der Waals surface area (Å²) in [6.07, 6.45) is 0. The van der Waals surface area contributed by atoms with E-state index >= 15 is 0 Å². The maximum absolute atomic E-state index is 12.3. The summed E-state index contributed by atoms with van der Waals surface area (Å²) >= 11 is 6.40. The summed E-state index contributed by atoms with van der Waals surface area (Å²) in [5.41, 5.74) is 3.65. The van der Waals surface area contributed by atoms with Gasteiger partial charge in [0.25, 0.3) is 0 Å². The maximum Gasteiger partial charge on any atom is 0.368 e. The number of tetrazole rings is 1. The van der Waals surface area contributed by atoms with Crippen molar-refractivity contribution in [3.8, 4) is 11.4 Å². The van der Waals surface area contributed by atoms with E-state index in [2.05, 4.69) is 15.6 Å². The Hall–Kier alpha value is -3.13. The minimum absolute atomic E-state index is 0.218. The van der Waals surface area contributed by atoms with Crippen molar-refractivity contribution in [2.45, 2.75) is 27.4 Å². The van der Waals surface area contributed by atoms with Gasteiger partial charge in [-0.2, -0.15) is 9.36 Å². The minimum atomic E-state index is -0.330. The van der Waals surface area contributed by atoms with Gasteiger partial charge in [-0.15, -0.1) is 0 Å². The van der Waals surface area contributed by atoms with Crippen molar-refractivity contribution in [1.29, 1.82) is 0 Å². The first kappa shape index (κ1) is 20.6. The first-order valence-corrected chi connectivity index (χ1v) is 9.47. The predicted octanol–water partition coefficient (Wildman–Crippen LogP) is 3.27. The normalized spacial score (nSPS) is 11.6. The summed E-state index contributed by atoms with van der Waals surface area (Å²) in [5.74, 6) is 0.528. The lowest BCUT2D eigenvalue weighted by molar-refractivity contribution is 0.159. The quantitative estimate of drug-likeness (QED) is 0.437. The van der Waals surface area contributed by atoms with Crippen molar-refractivity contribution < 1.29 is 9.57 Å². The molecular weight excluding hydrogens is 394 g/mol. The molecule has 0 saturated carbocycles. The largest absolute Gasteiger partial charge is 0.487 e. The zero-order chi connectivity index (χ0) is 21.0. The molecule has 9 heteroatoms. The van der Waals surface area contributed by atoms with Crippen LogP contribution in [-0.2, 0) is 18.5 Å². The Labute approximate surface area is 173 Å². The van der Waals surface area contributed by atoms with Crippen molar-refractivity contribution in [2.24, 2.45) is 12.2 Å². The van der Waals surface area contributed by atoms with E-state index in [0.717, 1.165) is 22.4 Å². The standard InChI is InChI=1S/C20H22ClN5O3/c1-5-29-22-14(3)15-9-10-19(17(21)11-15)28-12-16-13(2)7-6-8-18(16)26-20(27)25(4)23-24-26/h6-11H,5,12H2,1-4H3. The lowest BCUT2D eigenvalue weighted by Crippen LogP contribution is -2.23. The fourth-order valence-corrected chi connectivity index (χ4v) is 2.98. The van der Waals surface area contributed by atoms with E-state index in [9.17, 15) is 4.79 Å². The molecule has 152 valence electrons. The number of hydrogen-bond donors (Lipinski definition) is 0.